The molecule has 0 atom stereocenters. The van der Waals surface area contributed by atoms with Gasteiger partial charge in [0.25, 0.3) is 0 Å². The van der Waals surface area contributed by atoms with Gasteiger partial charge in [0.05, 0.1) is 5.52 Å². The number of hydrogen-bond donors (Lipinski definition) is 1. The molecule has 2 aromatic rings. The van der Waals surface area contributed by atoms with Crippen molar-refractivity contribution in [1.82, 2.24) is 9.29 Å². The normalized spacial score (nSPS) is 13.0. The third-order valence-electron chi connectivity index (χ3n) is 3.49. The summed E-state index contributed by atoms with van der Waals surface area (Å²) in [7, 11) is -2.02. The average Bonchev–Trinajstić information content (AvgIpc) is 2.46. The van der Waals surface area contributed by atoms with E-state index in [1.165, 1.54) is 4.31 Å². The van der Waals surface area contributed by atoms with E-state index in [1.807, 2.05) is 26.0 Å². The fourth-order valence-electron chi connectivity index (χ4n) is 2.20. The van der Waals surface area contributed by atoms with Crippen molar-refractivity contribution in [1.29, 1.82) is 0 Å². The molecule has 2 rings (SSSR count). The quantitative estimate of drug-likeness (QED) is 0.914. The van der Waals surface area contributed by atoms with Gasteiger partial charge in [-0.3, -0.25) is 4.98 Å². The van der Waals surface area contributed by atoms with Crippen molar-refractivity contribution in [3.05, 3.63) is 36.5 Å². The zero-order valence-corrected chi connectivity index (χ0v) is 13.4. The maximum atomic E-state index is 12.8. The smallest absolute Gasteiger partial charge is 0.245 e. The monoisotopic (exact) mass is 307 g/mol. The zero-order chi connectivity index (χ0) is 15.7. The van der Waals surface area contributed by atoms with Gasteiger partial charge in [-0.1, -0.05) is 32.0 Å². The van der Waals surface area contributed by atoms with Gasteiger partial charge in [0.1, 0.15) is 4.90 Å². The predicted octanol–water partition coefficient (Wildman–Crippen LogP) is 1.84. The highest BCUT2D eigenvalue weighted by Crippen LogP contribution is 2.25. The number of rotatable bonds is 5. The minimum atomic E-state index is -3.59. The Labute approximate surface area is 125 Å². The first-order valence-electron chi connectivity index (χ1n) is 6.78. The summed E-state index contributed by atoms with van der Waals surface area (Å²) in [5.74, 6) is 0. The zero-order valence-electron chi connectivity index (χ0n) is 12.6. The van der Waals surface area contributed by atoms with Gasteiger partial charge < -0.3 is 5.73 Å². The average molecular weight is 307 g/mol. The highest BCUT2D eigenvalue weighted by Gasteiger charge is 2.28. The van der Waals surface area contributed by atoms with Gasteiger partial charge in [-0.05, 0) is 24.1 Å². The van der Waals surface area contributed by atoms with Crippen molar-refractivity contribution in [3.8, 4) is 0 Å². The molecule has 1 aromatic carbocycles. The molecule has 6 heteroatoms. The lowest BCUT2D eigenvalue weighted by molar-refractivity contribution is 0.292. The van der Waals surface area contributed by atoms with Gasteiger partial charge in [-0.15, -0.1) is 0 Å². The second kappa shape index (κ2) is 5.71. The molecule has 0 amide bonds. The molecule has 114 valence electrons. The highest BCUT2D eigenvalue weighted by atomic mass is 32.2. The molecule has 1 aromatic heterocycles. The number of nitrogens with two attached hydrogens (primary N) is 1. The number of sulfonamides is 1. The van der Waals surface area contributed by atoms with Crippen molar-refractivity contribution in [2.75, 3.05) is 20.1 Å². The Morgan fingerprint density at radius 2 is 1.90 bits per heavy atom. The minimum Gasteiger partial charge on any atom is -0.330 e. The molecule has 0 fully saturated rings. The molecule has 0 radical (unpaired) electrons. The Hall–Kier alpha value is -1.50. The first-order chi connectivity index (χ1) is 9.78. The Morgan fingerprint density at radius 1 is 1.24 bits per heavy atom. The van der Waals surface area contributed by atoms with Crippen molar-refractivity contribution < 1.29 is 8.42 Å². The molecule has 21 heavy (non-hydrogen) atoms. The Kier molecular flexibility index (Phi) is 4.32. The summed E-state index contributed by atoms with van der Waals surface area (Å²) >= 11 is 0. The number of benzene rings is 1. The maximum absolute atomic E-state index is 12.8. The van der Waals surface area contributed by atoms with Gasteiger partial charge in [-0.2, -0.15) is 0 Å². The molecule has 2 N–H and O–H groups in total. The lowest BCUT2D eigenvalue weighted by Gasteiger charge is -2.28. The fourth-order valence-corrected chi connectivity index (χ4v) is 3.73. The number of nitrogens with zero attached hydrogens (tertiary/aromatic N) is 2. The molecule has 0 bridgehead atoms. The van der Waals surface area contributed by atoms with Gasteiger partial charge >= 0.3 is 0 Å². The number of fused-ring (bicyclic) bond motifs is 1. The van der Waals surface area contributed by atoms with E-state index in [4.69, 9.17) is 5.73 Å². The van der Waals surface area contributed by atoms with E-state index in [1.54, 1.807) is 31.4 Å². The molecule has 0 saturated carbocycles. The van der Waals surface area contributed by atoms with Crippen LogP contribution in [0, 0.1) is 5.41 Å². The van der Waals surface area contributed by atoms with E-state index >= 15 is 0 Å². The van der Waals surface area contributed by atoms with Crippen LogP contribution in [0.5, 0.6) is 0 Å². The van der Waals surface area contributed by atoms with Crippen molar-refractivity contribution >= 4 is 20.9 Å². The Bertz CT molecular complexity index is 736. The van der Waals surface area contributed by atoms with Crippen molar-refractivity contribution in [3.63, 3.8) is 0 Å². The van der Waals surface area contributed by atoms with Gasteiger partial charge in [0.2, 0.25) is 10.0 Å². The van der Waals surface area contributed by atoms with Crippen LogP contribution in [0.2, 0.25) is 0 Å². The molecular formula is C15H21N3O2S. The number of para-hydroxylation sites is 1. The van der Waals surface area contributed by atoms with Crippen LogP contribution < -0.4 is 5.73 Å². The summed E-state index contributed by atoms with van der Waals surface area (Å²) in [5.41, 5.74) is 5.91. The van der Waals surface area contributed by atoms with E-state index in [0.717, 1.165) is 5.39 Å². The van der Waals surface area contributed by atoms with Crippen molar-refractivity contribution in [2.24, 2.45) is 11.1 Å². The van der Waals surface area contributed by atoms with E-state index in [9.17, 15) is 8.42 Å². The molecule has 5 nitrogen and oxygen atoms in total. The largest absolute Gasteiger partial charge is 0.330 e. The first kappa shape index (κ1) is 15.9. The number of pyridine rings is 1. The molecule has 0 saturated heterocycles. The standard InChI is InChI=1S/C15H21N3O2S/c1-15(2,10-16)11-18(3)21(19,20)13-8-4-6-12-7-5-9-17-14(12)13/h4-9H,10-11,16H2,1-3H3. The van der Waals surface area contributed by atoms with Crippen LogP contribution in [0.15, 0.2) is 41.4 Å². The summed E-state index contributed by atoms with van der Waals surface area (Å²) in [6.07, 6.45) is 1.60. The van der Waals surface area contributed by atoms with Gasteiger partial charge in [0.15, 0.2) is 0 Å². The van der Waals surface area contributed by atoms with Crippen molar-refractivity contribution in [2.45, 2.75) is 18.7 Å². The second-order valence-corrected chi connectivity index (χ2v) is 7.97. The molecule has 0 aliphatic rings. The number of hydrogen-bond acceptors (Lipinski definition) is 4. The van der Waals surface area contributed by atoms with Crippen LogP contribution in [0.25, 0.3) is 10.9 Å². The van der Waals surface area contributed by atoms with Crippen LogP contribution in [-0.2, 0) is 10.0 Å². The van der Waals surface area contributed by atoms with E-state index in [0.29, 0.717) is 18.6 Å². The summed E-state index contributed by atoms with van der Waals surface area (Å²) in [6, 6.07) is 8.83. The van der Waals surface area contributed by atoms with Gasteiger partial charge in [-0.25, -0.2) is 12.7 Å². The van der Waals surface area contributed by atoms with Crippen LogP contribution >= 0.6 is 0 Å². The van der Waals surface area contributed by atoms with E-state index in [-0.39, 0.29) is 10.3 Å². The lowest BCUT2D eigenvalue weighted by Crippen LogP contribution is -2.39. The Morgan fingerprint density at radius 3 is 2.57 bits per heavy atom. The molecule has 0 unspecified atom stereocenters. The SMILES string of the molecule is CN(CC(C)(C)CN)S(=O)(=O)c1cccc2cccnc12. The fraction of sp³-hybridized carbons (Fsp3) is 0.400. The second-order valence-electron chi connectivity index (χ2n) is 5.96. The molecular weight excluding hydrogens is 286 g/mol. The topological polar surface area (TPSA) is 76.3 Å². The van der Waals surface area contributed by atoms with Crippen LogP contribution in [0.1, 0.15) is 13.8 Å². The first-order valence-corrected chi connectivity index (χ1v) is 8.22. The minimum absolute atomic E-state index is 0.232. The van der Waals surface area contributed by atoms with Crippen LogP contribution in [0.4, 0.5) is 0 Å². The summed E-state index contributed by atoms with van der Waals surface area (Å²) < 4.78 is 26.9. The lowest BCUT2D eigenvalue weighted by atomic mass is 9.94. The third kappa shape index (κ3) is 3.23. The molecule has 1 heterocycles. The Balaban J connectivity index is 2.47. The van der Waals surface area contributed by atoms with Gasteiger partial charge in [0, 0.05) is 25.2 Å². The summed E-state index contributed by atoms with van der Waals surface area (Å²) in [4.78, 5) is 4.45. The predicted molar refractivity (Wildman–Crippen MR) is 84.4 cm³/mol. The number of aromatic nitrogens is 1. The highest BCUT2D eigenvalue weighted by molar-refractivity contribution is 7.89. The molecule has 0 aliphatic heterocycles. The third-order valence-corrected chi connectivity index (χ3v) is 5.32. The van der Waals surface area contributed by atoms with E-state index < -0.39 is 10.0 Å². The molecule has 0 spiro atoms. The van der Waals surface area contributed by atoms with Crippen LogP contribution in [-0.4, -0.2) is 37.8 Å². The summed E-state index contributed by atoms with van der Waals surface area (Å²) in [6.45, 7) is 4.66. The van der Waals surface area contributed by atoms with Crippen LogP contribution in [0.3, 0.4) is 0 Å². The van der Waals surface area contributed by atoms with E-state index in [2.05, 4.69) is 4.98 Å². The summed E-state index contributed by atoms with van der Waals surface area (Å²) in [5, 5.41) is 0.810. The maximum Gasteiger partial charge on any atom is 0.245 e. The molecule has 0 aliphatic carbocycles.